The van der Waals surface area contributed by atoms with Crippen molar-refractivity contribution in [1.82, 2.24) is 10.0 Å². The number of hydrogen-bond donors (Lipinski definition) is 3. The zero-order valence-electron chi connectivity index (χ0n) is 14.6. The molecule has 3 rings (SSSR count). The van der Waals surface area contributed by atoms with Crippen LogP contribution in [0.15, 0.2) is 29.2 Å². The quantitative estimate of drug-likeness (QED) is 0.738. The Kier molecular flexibility index (Phi) is 5.46. The van der Waals surface area contributed by atoms with Crippen molar-refractivity contribution in [2.24, 2.45) is 17.6 Å². The molecular weight excluding hydrogens is 338 g/mol. The molecule has 138 valence electrons. The summed E-state index contributed by atoms with van der Waals surface area (Å²) in [5.41, 5.74) is 6.62. The highest BCUT2D eigenvalue weighted by molar-refractivity contribution is 7.89. The molecule has 0 heterocycles. The Morgan fingerprint density at radius 2 is 1.76 bits per heavy atom. The summed E-state index contributed by atoms with van der Waals surface area (Å²) in [5.74, 6) is 0.782. The first-order chi connectivity index (χ1) is 11.9. The van der Waals surface area contributed by atoms with Gasteiger partial charge in [0.15, 0.2) is 0 Å². The summed E-state index contributed by atoms with van der Waals surface area (Å²) in [6.07, 6.45) is 5.40. The number of amides is 1. The van der Waals surface area contributed by atoms with E-state index >= 15 is 0 Å². The minimum atomic E-state index is -3.49. The van der Waals surface area contributed by atoms with Crippen LogP contribution >= 0.6 is 0 Å². The van der Waals surface area contributed by atoms with Crippen molar-refractivity contribution in [3.8, 4) is 0 Å². The van der Waals surface area contributed by atoms with Gasteiger partial charge in [-0.05, 0) is 61.8 Å². The molecule has 0 saturated heterocycles. The fourth-order valence-electron chi connectivity index (χ4n) is 4.32. The number of sulfonamides is 1. The molecule has 0 radical (unpaired) electrons. The summed E-state index contributed by atoms with van der Waals surface area (Å²) in [6.45, 7) is 2.06. The van der Waals surface area contributed by atoms with Gasteiger partial charge in [0.1, 0.15) is 0 Å². The van der Waals surface area contributed by atoms with Gasteiger partial charge in [0, 0.05) is 24.2 Å². The molecule has 25 heavy (non-hydrogen) atoms. The normalized spacial score (nSPS) is 29.2. The van der Waals surface area contributed by atoms with Crippen molar-refractivity contribution in [2.45, 2.75) is 56.0 Å². The molecule has 0 aliphatic heterocycles. The minimum Gasteiger partial charge on any atom is -0.349 e. The number of carbonyl (C=O) groups is 1. The summed E-state index contributed by atoms with van der Waals surface area (Å²) in [4.78, 5) is 12.8. The number of carbonyl (C=O) groups excluding carboxylic acids is 1. The van der Waals surface area contributed by atoms with Gasteiger partial charge >= 0.3 is 0 Å². The van der Waals surface area contributed by atoms with E-state index in [1.165, 1.54) is 18.6 Å². The first-order valence-corrected chi connectivity index (χ1v) is 10.5. The van der Waals surface area contributed by atoms with Gasteiger partial charge < -0.3 is 11.1 Å². The van der Waals surface area contributed by atoms with Crippen LogP contribution in [0.2, 0.25) is 0 Å². The largest absolute Gasteiger partial charge is 0.349 e. The number of fused-ring (bicyclic) bond motifs is 2. The van der Waals surface area contributed by atoms with E-state index in [0.717, 1.165) is 25.7 Å². The topological polar surface area (TPSA) is 101 Å². The van der Waals surface area contributed by atoms with Gasteiger partial charge in [-0.3, -0.25) is 4.79 Å². The Bertz CT molecular complexity index is 704. The molecule has 0 spiro atoms. The molecule has 1 aromatic rings. The molecule has 1 aromatic carbocycles. The molecule has 2 fully saturated rings. The average molecular weight is 365 g/mol. The molecule has 2 atom stereocenters. The summed E-state index contributed by atoms with van der Waals surface area (Å²) in [7, 11) is -3.49. The minimum absolute atomic E-state index is 0.134. The van der Waals surface area contributed by atoms with E-state index in [-0.39, 0.29) is 22.9 Å². The number of hydrogen-bond acceptors (Lipinski definition) is 4. The van der Waals surface area contributed by atoms with Gasteiger partial charge in [0.05, 0.1) is 4.90 Å². The van der Waals surface area contributed by atoms with Gasteiger partial charge in [-0.1, -0.05) is 13.3 Å². The first-order valence-electron chi connectivity index (χ1n) is 9.07. The van der Waals surface area contributed by atoms with E-state index in [1.54, 1.807) is 19.1 Å². The predicted octanol–water partition coefficient (Wildman–Crippen LogP) is 1.62. The summed E-state index contributed by atoms with van der Waals surface area (Å²) >= 11 is 0. The highest BCUT2D eigenvalue weighted by Crippen LogP contribution is 2.39. The highest BCUT2D eigenvalue weighted by atomic mass is 32.2. The molecule has 0 aromatic heterocycles. The number of nitrogens with two attached hydrogens (primary N) is 1. The maximum Gasteiger partial charge on any atom is 0.251 e. The van der Waals surface area contributed by atoms with Crippen LogP contribution in [0.3, 0.4) is 0 Å². The molecule has 2 aliphatic rings. The van der Waals surface area contributed by atoms with Crippen molar-refractivity contribution >= 4 is 15.9 Å². The molecule has 2 unspecified atom stereocenters. The van der Waals surface area contributed by atoms with Crippen molar-refractivity contribution in [1.29, 1.82) is 0 Å². The summed E-state index contributed by atoms with van der Waals surface area (Å²) < 4.78 is 26.4. The van der Waals surface area contributed by atoms with E-state index < -0.39 is 10.0 Å². The van der Waals surface area contributed by atoms with Crippen molar-refractivity contribution in [3.63, 3.8) is 0 Å². The lowest BCUT2D eigenvalue weighted by molar-refractivity contribution is 0.0756. The van der Waals surface area contributed by atoms with Crippen LogP contribution in [0.25, 0.3) is 0 Å². The van der Waals surface area contributed by atoms with Crippen LogP contribution in [0.1, 0.15) is 49.4 Å². The standard InChI is InChI=1S/C18H27N3O3S/c1-2-20-25(23,24)16-8-6-12(7-9-16)18(22)21-17-13-4-3-5-14(17)11-15(19)10-13/h6-9,13-15,17,20H,2-5,10-11,19H2,1H3,(H,21,22). The van der Waals surface area contributed by atoms with Gasteiger partial charge in [0.2, 0.25) is 10.0 Å². The highest BCUT2D eigenvalue weighted by Gasteiger charge is 2.39. The number of nitrogens with one attached hydrogen (secondary N) is 2. The third kappa shape index (κ3) is 4.04. The Morgan fingerprint density at radius 3 is 2.32 bits per heavy atom. The molecule has 6 nitrogen and oxygen atoms in total. The van der Waals surface area contributed by atoms with Crippen LogP contribution < -0.4 is 15.8 Å². The van der Waals surface area contributed by atoms with Gasteiger partial charge in [-0.25, -0.2) is 13.1 Å². The fourth-order valence-corrected chi connectivity index (χ4v) is 5.36. The fraction of sp³-hybridized carbons (Fsp3) is 0.611. The van der Waals surface area contributed by atoms with E-state index in [0.29, 0.717) is 23.9 Å². The SMILES string of the molecule is CCNS(=O)(=O)c1ccc(C(=O)NC2C3CCCC2CC(N)C3)cc1. The Labute approximate surface area is 149 Å². The molecule has 2 bridgehead atoms. The number of rotatable bonds is 5. The second-order valence-electron chi connectivity index (χ2n) is 7.21. The third-order valence-corrected chi connectivity index (χ3v) is 7.00. The van der Waals surface area contributed by atoms with Crippen LogP contribution in [0.5, 0.6) is 0 Å². The Hall–Kier alpha value is -1.44. The molecular formula is C18H27N3O3S. The Balaban J connectivity index is 1.69. The Morgan fingerprint density at radius 1 is 1.16 bits per heavy atom. The maximum absolute atomic E-state index is 12.6. The first kappa shape index (κ1) is 18.4. The summed E-state index contributed by atoms with van der Waals surface area (Å²) in [6, 6.07) is 6.54. The van der Waals surface area contributed by atoms with Gasteiger partial charge in [0.25, 0.3) is 5.91 Å². The van der Waals surface area contributed by atoms with Crippen molar-refractivity contribution in [2.75, 3.05) is 6.54 Å². The van der Waals surface area contributed by atoms with E-state index in [9.17, 15) is 13.2 Å². The second kappa shape index (κ2) is 7.43. The van der Waals surface area contributed by atoms with E-state index in [4.69, 9.17) is 5.73 Å². The lowest BCUT2D eigenvalue weighted by Crippen LogP contribution is -2.53. The van der Waals surface area contributed by atoms with E-state index in [1.807, 2.05) is 0 Å². The van der Waals surface area contributed by atoms with Crippen LogP contribution in [0, 0.1) is 11.8 Å². The molecule has 7 heteroatoms. The van der Waals surface area contributed by atoms with Crippen LogP contribution in [-0.4, -0.2) is 33.0 Å². The van der Waals surface area contributed by atoms with Gasteiger partial charge in [-0.2, -0.15) is 0 Å². The molecule has 2 aliphatic carbocycles. The predicted molar refractivity (Wildman–Crippen MR) is 96.6 cm³/mol. The lowest BCUT2D eigenvalue weighted by atomic mass is 9.67. The monoisotopic (exact) mass is 365 g/mol. The number of benzene rings is 1. The molecule has 2 saturated carbocycles. The van der Waals surface area contributed by atoms with Crippen molar-refractivity contribution in [3.05, 3.63) is 29.8 Å². The van der Waals surface area contributed by atoms with Gasteiger partial charge in [-0.15, -0.1) is 0 Å². The van der Waals surface area contributed by atoms with Crippen LogP contribution in [0.4, 0.5) is 0 Å². The average Bonchev–Trinajstić information content (AvgIpc) is 2.56. The zero-order valence-corrected chi connectivity index (χ0v) is 15.4. The van der Waals surface area contributed by atoms with E-state index in [2.05, 4.69) is 10.0 Å². The second-order valence-corrected chi connectivity index (χ2v) is 8.97. The third-order valence-electron chi connectivity index (χ3n) is 5.44. The molecule has 1 amide bonds. The lowest BCUT2D eigenvalue weighted by Gasteiger charge is -2.45. The smallest absolute Gasteiger partial charge is 0.251 e. The summed E-state index contributed by atoms with van der Waals surface area (Å²) in [5, 5.41) is 3.18. The van der Waals surface area contributed by atoms with Crippen molar-refractivity contribution < 1.29 is 13.2 Å². The molecule has 4 N–H and O–H groups in total. The van der Waals surface area contributed by atoms with Crippen LogP contribution in [-0.2, 0) is 10.0 Å². The zero-order chi connectivity index (χ0) is 18.0. The maximum atomic E-state index is 12.6.